The van der Waals surface area contributed by atoms with Crippen LogP contribution in [0.1, 0.15) is 16.8 Å². The summed E-state index contributed by atoms with van der Waals surface area (Å²) in [5.41, 5.74) is 0.717. The van der Waals surface area contributed by atoms with E-state index < -0.39 is 0 Å². The molecule has 2 rings (SSSR count). The molecule has 4 heteroatoms. The molecule has 4 nitrogen and oxygen atoms in total. The first-order valence-electron chi connectivity index (χ1n) is 6.61. The highest BCUT2D eigenvalue weighted by Crippen LogP contribution is 2.18. The lowest BCUT2D eigenvalue weighted by Crippen LogP contribution is -2.28. The van der Waals surface area contributed by atoms with Gasteiger partial charge in [-0.1, -0.05) is 12.1 Å². The number of rotatable bonds is 6. The highest BCUT2D eigenvalue weighted by atomic mass is 16.5. The van der Waals surface area contributed by atoms with Crippen LogP contribution < -0.4 is 4.74 Å². The molecule has 0 spiro atoms. The van der Waals surface area contributed by atoms with E-state index in [1.165, 1.54) is 0 Å². The van der Waals surface area contributed by atoms with Crippen LogP contribution in [-0.4, -0.2) is 51.1 Å². The monoisotopic (exact) mass is 263 g/mol. The number of methoxy groups -OCH3 is 2. The number of ether oxygens (including phenoxy) is 2. The zero-order valence-electron chi connectivity index (χ0n) is 11.6. The van der Waals surface area contributed by atoms with E-state index in [2.05, 4.69) is 4.90 Å². The number of Topliss-reactive ketones (excluding diaryl/α,β-unsaturated/α-hetero) is 1. The Morgan fingerprint density at radius 3 is 3.00 bits per heavy atom. The standard InChI is InChI=1S/C15H21NO3/c1-18-11-12-6-7-16(9-12)10-15(17)13-4-3-5-14(8-13)19-2/h3-5,8,12H,6-7,9-11H2,1-2H3. The molecule has 1 saturated heterocycles. The highest BCUT2D eigenvalue weighted by molar-refractivity contribution is 5.97. The van der Waals surface area contributed by atoms with Crippen molar-refractivity contribution >= 4 is 5.78 Å². The van der Waals surface area contributed by atoms with Crippen LogP contribution in [0, 0.1) is 5.92 Å². The largest absolute Gasteiger partial charge is 0.497 e. The Morgan fingerprint density at radius 2 is 2.26 bits per heavy atom. The lowest BCUT2D eigenvalue weighted by atomic mass is 10.1. The second-order valence-electron chi connectivity index (χ2n) is 5.00. The number of ketones is 1. The van der Waals surface area contributed by atoms with E-state index >= 15 is 0 Å². The lowest BCUT2D eigenvalue weighted by molar-refractivity contribution is 0.0936. The van der Waals surface area contributed by atoms with Crippen molar-refractivity contribution in [3.05, 3.63) is 29.8 Å². The first-order chi connectivity index (χ1) is 9.22. The van der Waals surface area contributed by atoms with Crippen LogP contribution in [0.4, 0.5) is 0 Å². The summed E-state index contributed by atoms with van der Waals surface area (Å²) in [5.74, 6) is 1.43. The smallest absolute Gasteiger partial charge is 0.176 e. The van der Waals surface area contributed by atoms with E-state index in [0.717, 1.165) is 37.4 Å². The summed E-state index contributed by atoms with van der Waals surface area (Å²) in [4.78, 5) is 14.4. The summed E-state index contributed by atoms with van der Waals surface area (Å²) >= 11 is 0. The molecule has 1 aromatic carbocycles. The maximum atomic E-state index is 12.2. The van der Waals surface area contributed by atoms with Gasteiger partial charge in [-0.15, -0.1) is 0 Å². The highest BCUT2D eigenvalue weighted by Gasteiger charge is 2.24. The number of benzene rings is 1. The number of nitrogens with zero attached hydrogens (tertiary/aromatic N) is 1. The van der Waals surface area contributed by atoms with E-state index in [1.54, 1.807) is 20.3 Å². The Labute approximate surface area is 114 Å². The minimum atomic E-state index is 0.150. The van der Waals surface area contributed by atoms with Gasteiger partial charge in [0.1, 0.15) is 5.75 Å². The maximum absolute atomic E-state index is 12.2. The van der Waals surface area contributed by atoms with Gasteiger partial charge in [0, 0.05) is 19.2 Å². The maximum Gasteiger partial charge on any atom is 0.176 e. The van der Waals surface area contributed by atoms with Gasteiger partial charge < -0.3 is 9.47 Å². The van der Waals surface area contributed by atoms with Gasteiger partial charge in [0.25, 0.3) is 0 Å². The Balaban J connectivity index is 1.90. The molecule has 0 radical (unpaired) electrons. The van der Waals surface area contributed by atoms with E-state index in [9.17, 15) is 4.79 Å². The average Bonchev–Trinajstić information content (AvgIpc) is 2.86. The van der Waals surface area contributed by atoms with E-state index in [0.29, 0.717) is 12.5 Å². The second kappa shape index (κ2) is 6.68. The Bertz CT molecular complexity index is 433. The third-order valence-corrected chi connectivity index (χ3v) is 3.53. The van der Waals surface area contributed by atoms with Crippen molar-refractivity contribution in [3.63, 3.8) is 0 Å². The Hall–Kier alpha value is -1.39. The van der Waals surface area contributed by atoms with Crippen molar-refractivity contribution in [1.29, 1.82) is 0 Å². The fourth-order valence-electron chi connectivity index (χ4n) is 2.52. The molecule has 0 aliphatic carbocycles. The Morgan fingerprint density at radius 1 is 1.42 bits per heavy atom. The quantitative estimate of drug-likeness (QED) is 0.734. The molecular formula is C15H21NO3. The predicted molar refractivity (Wildman–Crippen MR) is 73.7 cm³/mol. The number of carbonyl (C=O) groups is 1. The van der Waals surface area contributed by atoms with Crippen molar-refractivity contribution in [2.45, 2.75) is 6.42 Å². The topological polar surface area (TPSA) is 38.8 Å². The number of hydrogen-bond donors (Lipinski definition) is 0. The average molecular weight is 263 g/mol. The van der Waals surface area contributed by atoms with Crippen molar-refractivity contribution in [3.8, 4) is 5.75 Å². The van der Waals surface area contributed by atoms with Crippen LogP contribution >= 0.6 is 0 Å². The first-order valence-corrected chi connectivity index (χ1v) is 6.61. The summed E-state index contributed by atoms with van der Waals surface area (Å²) in [6.45, 7) is 3.19. The molecule has 0 saturated carbocycles. The second-order valence-corrected chi connectivity index (χ2v) is 5.00. The summed E-state index contributed by atoms with van der Waals surface area (Å²) in [6.07, 6.45) is 1.11. The molecule has 1 unspecified atom stereocenters. The predicted octanol–water partition coefficient (Wildman–Crippen LogP) is 1.85. The fraction of sp³-hybridized carbons (Fsp3) is 0.533. The van der Waals surface area contributed by atoms with Crippen LogP contribution in [0.2, 0.25) is 0 Å². The minimum Gasteiger partial charge on any atom is -0.497 e. The van der Waals surface area contributed by atoms with Crippen LogP contribution in [-0.2, 0) is 4.74 Å². The van der Waals surface area contributed by atoms with Crippen molar-refractivity contribution in [2.75, 3.05) is 40.5 Å². The van der Waals surface area contributed by atoms with Crippen molar-refractivity contribution in [2.24, 2.45) is 5.92 Å². The molecule has 1 atom stereocenters. The fourth-order valence-corrected chi connectivity index (χ4v) is 2.52. The molecule has 0 aromatic heterocycles. The van der Waals surface area contributed by atoms with Crippen molar-refractivity contribution < 1.29 is 14.3 Å². The molecular weight excluding hydrogens is 242 g/mol. The molecule has 0 bridgehead atoms. The van der Waals surface area contributed by atoms with Gasteiger partial charge in [-0.05, 0) is 31.0 Å². The number of hydrogen-bond acceptors (Lipinski definition) is 4. The molecule has 1 aliphatic rings. The van der Waals surface area contributed by atoms with Gasteiger partial charge in [-0.25, -0.2) is 0 Å². The molecule has 1 aromatic rings. The normalized spacial score (nSPS) is 19.6. The number of carbonyl (C=O) groups excluding carboxylic acids is 1. The summed E-state index contributed by atoms with van der Waals surface area (Å²) in [5, 5.41) is 0. The van der Waals surface area contributed by atoms with E-state index in [4.69, 9.17) is 9.47 Å². The van der Waals surface area contributed by atoms with Crippen LogP contribution in [0.25, 0.3) is 0 Å². The van der Waals surface area contributed by atoms with Crippen LogP contribution in [0.15, 0.2) is 24.3 Å². The van der Waals surface area contributed by atoms with Gasteiger partial charge in [0.15, 0.2) is 5.78 Å². The van der Waals surface area contributed by atoms with Gasteiger partial charge >= 0.3 is 0 Å². The summed E-state index contributed by atoms with van der Waals surface area (Å²) < 4.78 is 10.3. The molecule has 19 heavy (non-hydrogen) atoms. The third kappa shape index (κ3) is 3.78. The SMILES string of the molecule is COCC1CCN(CC(=O)c2cccc(OC)c2)C1. The summed E-state index contributed by atoms with van der Waals surface area (Å²) in [6, 6.07) is 7.34. The third-order valence-electron chi connectivity index (χ3n) is 3.53. The van der Waals surface area contributed by atoms with Gasteiger partial charge in [0.2, 0.25) is 0 Å². The molecule has 1 aliphatic heterocycles. The first kappa shape index (κ1) is 14.0. The Kier molecular flexibility index (Phi) is 4.93. The zero-order chi connectivity index (χ0) is 13.7. The van der Waals surface area contributed by atoms with Crippen LogP contribution in [0.3, 0.4) is 0 Å². The molecule has 104 valence electrons. The van der Waals surface area contributed by atoms with Gasteiger partial charge in [-0.3, -0.25) is 9.69 Å². The molecule has 0 amide bonds. The molecule has 1 fully saturated rings. The molecule has 0 N–H and O–H groups in total. The van der Waals surface area contributed by atoms with E-state index in [1.807, 2.05) is 18.2 Å². The zero-order valence-corrected chi connectivity index (χ0v) is 11.6. The summed E-state index contributed by atoms with van der Waals surface area (Å²) in [7, 11) is 3.34. The van der Waals surface area contributed by atoms with Crippen molar-refractivity contribution in [1.82, 2.24) is 4.90 Å². The number of likely N-dealkylation sites (tertiary alicyclic amines) is 1. The van der Waals surface area contributed by atoms with Gasteiger partial charge in [0.05, 0.1) is 20.3 Å². The van der Waals surface area contributed by atoms with E-state index in [-0.39, 0.29) is 5.78 Å². The van der Waals surface area contributed by atoms with Gasteiger partial charge in [-0.2, -0.15) is 0 Å². The van der Waals surface area contributed by atoms with Crippen LogP contribution in [0.5, 0.6) is 5.75 Å². The molecule has 1 heterocycles. The lowest BCUT2D eigenvalue weighted by Gasteiger charge is -2.15. The minimum absolute atomic E-state index is 0.150.